The predicted molar refractivity (Wildman–Crippen MR) is 86.0 cm³/mol. The van der Waals surface area contributed by atoms with Gasteiger partial charge in [-0.2, -0.15) is 0 Å². The Balaban J connectivity index is 2.01. The summed E-state index contributed by atoms with van der Waals surface area (Å²) < 4.78 is 13.0. The van der Waals surface area contributed by atoms with Crippen molar-refractivity contribution in [1.29, 1.82) is 0 Å². The summed E-state index contributed by atoms with van der Waals surface area (Å²) in [4.78, 5) is 8.79. The number of benzene rings is 1. The van der Waals surface area contributed by atoms with Gasteiger partial charge in [0, 0.05) is 12.2 Å². The summed E-state index contributed by atoms with van der Waals surface area (Å²) in [6.45, 7) is 4.40. The van der Waals surface area contributed by atoms with E-state index in [9.17, 15) is 4.39 Å². The molecule has 0 fully saturated rings. The zero-order chi connectivity index (χ0) is 15.4. The molecule has 0 unspecified atom stereocenters. The molecule has 0 aliphatic carbocycles. The lowest BCUT2D eigenvalue weighted by molar-refractivity contribution is 0.625. The third kappa shape index (κ3) is 4.19. The van der Waals surface area contributed by atoms with Crippen LogP contribution in [0.2, 0.25) is 0 Å². The van der Waals surface area contributed by atoms with Crippen LogP contribution in [0.5, 0.6) is 0 Å². The standard InChI is InChI=1S/C15H17FN4S/c1-9-7-12(16)4-3-11(9)5-6-18-15-19-10(2)8-13(20-15)14(17)21/h3-4,7-8H,5-6H2,1-2H3,(H2,17,21)(H,18,19,20). The van der Waals surface area contributed by atoms with Crippen LogP contribution in [0, 0.1) is 19.7 Å². The molecule has 6 heteroatoms. The average molecular weight is 304 g/mol. The van der Waals surface area contributed by atoms with Crippen LogP contribution in [0.1, 0.15) is 22.5 Å². The van der Waals surface area contributed by atoms with Gasteiger partial charge in [-0.05, 0) is 49.6 Å². The first kappa shape index (κ1) is 15.3. The van der Waals surface area contributed by atoms with Gasteiger partial charge in [-0.1, -0.05) is 18.3 Å². The number of nitrogens with two attached hydrogens (primary N) is 1. The fourth-order valence-electron chi connectivity index (χ4n) is 2.02. The van der Waals surface area contributed by atoms with E-state index in [2.05, 4.69) is 15.3 Å². The largest absolute Gasteiger partial charge is 0.388 e. The van der Waals surface area contributed by atoms with Gasteiger partial charge in [0.25, 0.3) is 0 Å². The number of rotatable bonds is 5. The van der Waals surface area contributed by atoms with E-state index in [0.29, 0.717) is 18.2 Å². The van der Waals surface area contributed by atoms with Gasteiger partial charge in [-0.3, -0.25) is 0 Å². The predicted octanol–water partition coefficient (Wildman–Crippen LogP) is 2.52. The van der Waals surface area contributed by atoms with E-state index in [1.54, 1.807) is 12.1 Å². The quantitative estimate of drug-likeness (QED) is 0.831. The Morgan fingerprint density at radius 3 is 2.71 bits per heavy atom. The highest BCUT2D eigenvalue weighted by Crippen LogP contribution is 2.11. The normalized spacial score (nSPS) is 10.4. The van der Waals surface area contributed by atoms with E-state index in [-0.39, 0.29) is 10.8 Å². The number of thiocarbonyl (C=S) groups is 1. The Morgan fingerprint density at radius 2 is 2.05 bits per heavy atom. The van der Waals surface area contributed by atoms with Crippen molar-refractivity contribution in [3.05, 3.63) is 52.6 Å². The van der Waals surface area contributed by atoms with E-state index in [0.717, 1.165) is 23.2 Å². The van der Waals surface area contributed by atoms with Crippen LogP contribution < -0.4 is 11.1 Å². The first-order valence-electron chi connectivity index (χ1n) is 6.60. The van der Waals surface area contributed by atoms with Crippen LogP contribution in [0.3, 0.4) is 0 Å². The molecule has 2 aromatic rings. The Hall–Kier alpha value is -2.08. The molecule has 0 saturated heterocycles. The number of nitrogens with zero attached hydrogens (tertiary/aromatic N) is 2. The van der Waals surface area contributed by atoms with Gasteiger partial charge < -0.3 is 11.1 Å². The summed E-state index contributed by atoms with van der Waals surface area (Å²) in [5.41, 5.74) is 8.96. The molecule has 110 valence electrons. The van der Waals surface area contributed by atoms with Crippen LogP contribution >= 0.6 is 12.2 Å². The number of aromatic nitrogens is 2. The highest BCUT2D eigenvalue weighted by Gasteiger charge is 2.05. The summed E-state index contributed by atoms with van der Waals surface area (Å²) in [6.07, 6.45) is 0.756. The maximum atomic E-state index is 13.0. The zero-order valence-electron chi connectivity index (χ0n) is 12.0. The van der Waals surface area contributed by atoms with E-state index >= 15 is 0 Å². The molecule has 3 N–H and O–H groups in total. The molecular formula is C15H17FN4S. The van der Waals surface area contributed by atoms with E-state index in [1.807, 2.05) is 13.8 Å². The molecule has 1 aromatic heterocycles. The number of halogens is 1. The lowest BCUT2D eigenvalue weighted by atomic mass is 10.1. The Labute approximate surface area is 128 Å². The van der Waals surface area contributed by atoms with Gasteiger partial charge in [0.05, 0.1) is 0 Å². The fraction of sp³-hybridized carbons (Fsp3) is 0.267. The molecular weight excluding hydrogens is 287 g/mol. The second-order valence-electron chi connectivity index (χ2n) is 4.83. The van der Waals surface area contributed by atoms with E-state index < -0.39 is 0 Å². The Kier molecular flexibility index (Phi) is 4.80. The second-order valence-corrected chi connectivity index (χ2v) is 5.27. The van der Waals surface area contributed by atoms with Crippen LogP contribution in [0.4, 0.5) is 10.3 Å². The lowest BCUT2D eigenvalue weighted by Crippen LogP contribution is -2.15. The van der Waals surface area contributed by atoms with Gasteiger partial charge in [0.2, 0.25) is 5.95 Å². The Morgan fingerprint density at radius 1 is 1.29 bits per heavy atom. The molecule has 0 bridgehead atoms. The maximum absolute atomic E-state index is 13.0. The minimum Gasteiger partial charge on any atom is -0.388 e. The van der Waals surface area contributed by atoms with Crippen molar-refractivity contribution < 1.29 is 4.39 Å². The molecule has 4 nitrogen and oxygen atoms in total. The van der Waals surface area contributed by atoms with Crippen molar-refractivity contribution in [3.8, 4) is 0 Å². The SMILES string of the molecule is Cc1cc(C(N)=S)nc(NCCc2ccc(F)cc2C)n1. The van der Waals surface area contributed by atoms with E-state index in [4.69, 9.17) is 18.0 Å². The molecule has 0 atom stereocenters. The third-order valence-electron chi connectivity index (χ3n) is 3.09. The van der Waals surface area contributed by atoms with Crippen LogP contribution in [-0.4, -0.2) is 21.5 Å². The third-order valence-corrected chi connectivity index (χ3v) is 3.30. The summed E-state index contributed by atoms with van der Waals surface area (Å²) in [5, 5.41) is 3.14. The zero-order valence-corrected chi connectivity index (χ0v) is 12.8. The molecule has 0 aliphatic heterocycles. The van der Waals surface area contributed by atoms with Crippen LogP contribution in [-0.2, 0) is 6.42 Å². The van der Waals surface area contributed by atoms with Crippen LogP contribution in [0.15, 0.2) is 24.3 Å². The first-order valence-corrected chi connectivity index (χ1v) is 7.01. The van der Waals surface area contributed by atoms with Crippen molar-refractivity contribution in [2.75, 3.05) is 11.9 Å². The fourth-order valence-corrected chi connectivity index (χ4v) is 2.13. The molecule has 0 saturated carbocycles. The molecule has 1 heterocycles. The second kappa shape index (κ2) is 6.58. The molecule has 1 aromatic carbocycles. The minimum atomic E-state index is -0.215. The summed E-state index contributed by atoms with van der Waals surface area (Å²) in [5.74, 6) is 0.282. The van der Waals surface area contributed by atoms with Crippen molar-refractivity contribution in [1.82, 2.24) is 9.97 Å². The van der Waals surface area contributed by atoms with E-state index in [1.165, 1.54) is 12.1 Å². The summed E-state index contributed by atoms with van der Waals surface area (Å²) in [6, 6.07) is 6.54. The van der Waals surface area contributed by atoms with Gasteiger partial charge in [-0.25, -0.2) is 14.4 Å². The summed E-state index contributed by atoms with van der Waals surface area (Å²) >= 11 is 4.92. The number of anilines is 1. The minimum absolute atomic E-state index is 0.215. The number of hydrogen-bond acceptors (Lipinski definition) is 4. The monoisotopic (exact) mass is 304 g/mol. The molecule has 0 spiro atoms. The number of nitrogens with one attached hydrogen (secondary N) is 1. The molecule has 0 radical (unpaired) electrons. The molecule has 21 heavy (non-hydrogen) atoms. The van der Waals surface area contributed by atoms with Gasteiger partial charge >= 0.3 is 0 Å². The lowest BCUT2D eigenvalue weighted by Gasteiger charge is -2.09. The smallest absolute Gasteiger partial charge is 0.223 e. The molecule has 0 aliphatic rings. The Bertz CT molecular complexity index is 673. The number of aryl methyl sites for hydroxylation is 2. The molecule has 0 amide bonds. The highest BCUT2D eigenvalue weighted by atomic mass is 32.1. The van der Waals surface area contributed by atoms with Crippen molar-refractivity contribution in [2.24, 2.45) is 5.73 Å². The van der Waals surface area contributed by atoms with Gasteiger partial charge in [0.15, 0.2) is 0 Å². The highest BCUT2D eigenvalue weighted by molar-refractivity contribution is 7.80. The summed E-state index contributed by atoms with van der Waals surface area (Å²) in [7, 11) is 0. The van der Waals surface area contributed by atoms with Crippen molar-refractivity contribution in [3.63, 3.8) is 0 Å². The maximum Gasteiger partial charge on any atom is 0.223 e. The van der Waals surface area contributed by atoms with Crippen LogP contribution in [0.25, 0.3) is 0 Å². The first-order chi connectivity index (χ1) is 9.95. The number of hydrogen-bond donors (Lipinski definition) is 2. The van der Waals surface area contributed by atoms with Gasteiger partial charge in [0.1, 0.15) is 16.5 Å². The van der Waals surface area contributed by atoms with Crippen molar-refractivity contribution in [2.45, 2.75) is 20.3 Å². The van der Waals surface area contributed by atoms with Gasteiger partial charge in [-0.15, -0.1) is 0 Å². The topological polar surface area (TPSA) is 63.8 Å². The molecule has 2 rings (SSSR count). The average Bonchev–Trinajstić information content (AvgIpc) is 2.40. The van der Waals surface area contributed by atoms with Crippen molar-refractivity contribution >= 4 is 23.2 Å².